The van der Waals surface area contributed by atoms with Crippen LogP contribution in [0.4, 0.5) is 5.95 Å². The van der Waals surface area contributed by atoms with Crippen LogP contribution in [0.2, 0.25) is 0 Å². The van der Waals surface area contributed by atoms with Gasteiger partial charge in [-0.2, -0.15) is 0 Å². The van der Waals surface area contributed by atoms with Crippen LogP contribution in [0.5, 0.6) is 0 Å². The maximum absolute atomic E-state index is 12.6. The second kappa shape index (κ2) is 6.31. The van der Waals surface area contributed by atoms with Crippen LogP contribution in [-0.2, 0) is 14.8 Å². The number of hydrogen-bond acceptors (Lipinski definition) is 7. The fourth-order valence-electron chi connectivity index (χ4n) is 3.20. The standard InChI is InChI=1S/C14H22N4O4S/c15-13-16-7-11(8-17-13)23(20,21)18-12(10-1-2-10)14(9-19)3-5-22-6-4-14/h7-8,10,12,18-19H,1-6,9H2,(H2,15,16,17). The van der Waals surface area contributed by atoms with Crippen LogP contribution >= 0.6 is 0 Å². The van der Waals surface area contributed by atoms with E-state index in [0.717, 1.165) is 12.8 Å². The molecule has 0 aromatic carbocycles. The molecule has 4 N–H and O–H groups in total. The number of nitrogens with two attached hydrogens (primary N) is 1. The lowest BCUT2D eigenvalue weighted by atomic mass is 9.73. The van der Waals surface area contributed by atoms with Crippen molar-refractivity contribution >= 4 is 16.0 Å². The molecule has 3 rings (SSSR count). The Morgan fingerprint density at radius 3 is 2.48 bits per heavy atom. The highest BCUT2D eigenvalue weighted by Crippen LogP contribution is 2.45. The fraction of sp³-hybridized carbons (Fsp3) is 0.714. The summed E-state index contributed by atoms with van der Waals surface area (Å²) in [5, 5.41) is 9.96. The van der Waals surface area contributed by atoms with Crippen LogP contribution in [0.25, 0.3) is 0 Å². The Morgan fingerprint density at radius 1 is 1.35 bits per heavy atom. The molecule has 1 unspecified atom stereocenters. The van der Waals surface area contributed by atoms with Gasteiger partial charge in [-0.05, 0) is 31.6 Å². The second-order valence-electron chi connectivity index (χ2n) is 6.35. The average Bonchev–Trinajstić information content (AvgIpc) is 3.38. The van der Waals surface area contributed by atoms with E-state index < -0.39 is 15.4 Å². The summed E-state index contributed by atoms with van der Waals surface area (Å²) in [6.45, 7) is 1.02. The summed E-state index contributed by atoms with van der Waals surface area (Å²) >= 11 is 0. The van der Waals surface area contributed by atoms with Crippen molar-refractivity contribution in [3.05, 3.63) is 12.4 Å². The molecule has 1 aliphatic heterocycles. The van der Waals surface area contributed by atoms with Crippen LogP contribution in [0, 0.1) is 11.3 Å². The minimum atomic E-state index is -3.76. The Hall–Kier alpha value is -1.29. The van der Waals surface area contributed by atoms with Crippen molar-refractivity contribution in [2.75, 3.05) is 25.6 Å². The monoisotopic (exact) mass is 342 g/mol. The van der Waals surface area contributed by atoms with Gasteiger partial charge in [0.25, 0.3) is 0 Å². The van der Waals surface area contributed by atoms with E-state index in [9.17, 15) is 13.5 Å². The minimum Gasteiger partial charge on any atom is -0.396 e. The van der Waals surface area contributed by atoms with Gasteiger partial charge in [0.1, 0.15) is 4.90 Å². The predicted molar refractivity (Wildman–Crippen MR) is 82.8 cm³/mol. The Bertz CT molecular complexity index is 639. The van der Waals surface area contributed by atoms with Crippen LogP contribution in [-0.4, -0.2) is 49.4 Å². The largest absolute Gasteiger partial charge is 0.396 e. The van der Waals surface area contributed by atoms with Gasteiger partial charge in [-0.1, -0.05) is 0 Å². The average molecular weight is 342 g/mol. The number of rotatable bonds is 6. The van der Waals surface area contributed by atoms with E-state index in [1.54, 1.807) is 0 Å². The molecular weight excluding hydrogens is 320 g/mol. The molecule has 0 radical (unpaired) electrons. The van der Waals surface area contributed by atoms with E-state index in [2.05, 4.69) is 14.7 Å². The quantitative estimate of drug-likeness (QED) is 0.659. The van der Waals surface area contributed by atoms with Gasteiger partial charge in [-0.25, -0.2) is 23.1 Å². The third-order valence-electron chi connectivity index (χ3n) is 4.80. The number of sulfonamides is 1. The van der Waals surface area contributed by atoms with Gasteiger partial charge in [-0.15, -0.1) is 0 Å². The van der Waals surface area contributed by atoms with Gasteiger partial charge in [0.2, 0.25) is 16.0 Å². The van der Waals surface area contributed by atoms with Gasteiger partial charge >= 0.3 is 0 Å². The van der Waals surface area contributed by atoms with Crippen LogP contribution in [0.1, 0.15) is 25.7 Å². The summed E-state index contributed by atoms with van der Waals surface area (Å²) in [5.74, 6) is 0.281. The smallest absolute Gasteiger partial charge is 0.243 e. The molecule has 2 aliphatic rings. The molecule has 9 heteroatoms. The number of aliphatic hydroxyl groups is 1. The number of aromatic nitrogens is 2. The number of ether oxygens (including phenoxy) is 1. The van der Waals surface area contributed by atoms with E-state index in [1.165, 1.54) is 12.4 Å². The molecule has 8 nitrogen and oxygen atoms in total. The third-order valence-corrected chi connectivity index (χ3v) is 6.19. The van der Waals surface area contributed by atoms with Crippen LogP contribution in [0.15, 0.2) is 17.3 Å². The highest BCUT2D eigenvalue weighted by molar-refractivity contribution is 7.89. The SMILES string of the molecule is Nc1ncc(S(=O)(=O)NC(C2CC2)C2(CO)CCOCC2)cn1. The molecule has 23 heavy (non-hydrogen) atoms. The summed E-state index contributed by atoms with van der Waals surface area (Å²) in [5.41, 5.74) is 4.93. The molecule has 1 aromatic rings. The normalized spacial score (nSPS) is 22.7. The Balaban J connectivity index is 1.85. The van der Waals surface area contributed by atoms with Gasteiger partial charge in [0.05, 0.1) is 19.0 Å². The minimum absolute atomic E-state index is 0.0162. The summed E-state index contributed by atoms with van der Waals surface area (Å²) in [6, 6.07) is -0.307. The molecule has 128 valence electrons. The highest BCUT2D eigenvalue weighted by atomic mass is 32.2. The van der Waals surface area contributed by atoms with E-state index in [1.807, 2.05) is 0 Å². The molecular formula is C14H22N4O4S. The zero-order valence-electron chi connectivity index (χ0n) is 12.8. The molecule has 1 saturated heterocycles. The summed E-state index contributed by atoms with van der Waals surface area (Å²) < 4.78 is 33.5. The molecule has 1 aromatic heterocycles. The number of nitrogens with zero attached hydrogens (tertiary/aromatic N) is 2. The Labute approximate surface area is 135 Å². The molecule has 0 spiro atoms. The number of nitrogen functional groups attached to an aromatic ring is 1. The number of nitrogens with one attached hydrogen (secondary N) is 1. The lowest BCUT2D eigenvalue weighted by molar-refractivity contribution is -0.0373. The lowest BCUT2D eigenvalue weighted by Gasteiger charge is -2.42. The predicted octanol–water partition coefficient (Wildman–Crippen LogP) is -0.0952. The van der Waals surface area contributed by atoms with Crippen molar-refractivity contribution in [2.24, 2.45) is 11.3 Å². The molecule has 1 atom stereocenters. The van der Waals surface area contributed by atoms with E-state index in [-0.39, 0.29) is 29.4 Å². The maximum Gasteiger partial charge on any atom is 0.243 e. The molecule has 1 aliphatic carbocycles. The molecule has 0 bridgehead atoms. The van der Waals surface area contributed by atoms with Crippen molar-refractivity contribution in [3.8, 4) is 0 Å². The van der Waals surface area contributed by atoms with Gasteiger partial charge in [0.15, 0.2) is 0 Å². The summed E-state index contributed by atoms with van der Waals surface area (Å²) in [7, 11) is -3.76. The first-order valence-electron chi connectivity index (χ1n) is 7.75. The fourth-order valence-corrected chi connectivity index (χ4v) is 4.49. The van der Waals surface area contributed by atoms with Gasteiger partial charge < -0.3 is 15.6 Å². The summed E-state index contributed by atoms with van der Waals surface area (Å²) in [4.78, 5) is 7.47. The first-order valence-corrected chi connectivity index (χ1v) is 9.24. The van der Waals surface area contributed by atoms with Crippen molar-refractivity contribution < 1.29 is 18.3 Å². The van der Waals surface area contributed by atoms with Crippen molar-refractivity contribution in [1.82, 2.24) is 14.7 Å². The van der Waals surface area contributed by atoms with E-state index in [4.69, 9.17) is 10.5 Å². The number of aliphatic hydroxyl groups excluding tert-OH is 1. The molecule has 0 amide bonds. The van der Waals surface area contributed by atoms with Crippen LogP contribution < -0.4 is 10.5 Å². The second-order valence-corrected chi connectivity index (χ2v) is 8.06. The number of anilines is 1. The third kappa shape index (κ3) is 3.47. The number of hydrogen-bond donors (Lipinski definition) is 3. The van der Waals surface area contributed by atoms with Crippen molar-refractivity contribution in [2.45, 2.75) is 36.6 Å². The highest BCUT2D eigenvalue weighted by Gasteiger charge is 2.48. The molecule has 2 heterocycles. The Kier molecular flexibility index (Phi) is 4.54. The van der Waals surface area contributed by atoms with Crippen LogP contribution in [0.3, 0.4) is 0 Å². The van der Waals surface area contributed by atoms with Gasteiger partial charge in [0, 0.05) is 24.7 Å². The molecule has 1 saturated carbocycles. The van der Waals surface area contributed by atoms with E-state index >= 15 is 0 Å². The zero-order chi connectivity index (χ0) is 16.5. The van der Waals surface area contributed by atoms with Gasteiger partial charge in [-0.3, -0.25) is 0 Å². The Morgan fingerprint density at radius 2 is 1.96 bits per heavy atom. The first kappa shape index (κ1) is 16.6. The maximum atomic E-state index is 12.6. The summed E-state index contributed by atoms with van der Waals surface area (Å²) in [6.07, 6.45) is 5.62. The topological polar surface area (TPSA) is 127 Å². The van der Waals surface area contributed by atoms with Crippen molar-refractivity contribution in [3.63, 3.8) is 0 Å². The van der Waals surface area contributed by atoms with E-state index in [0.29, 0.717) is 26.1 Å². The lowest BCUT2D eigenvalue weighted by Crippen LogP contribution is -2.53. The van der Waals surface area contributed by atoms with Crippen molar-refractivity contribution in [1.29, 1.82) is 0 Å². The zero-order valence-corrected chi connectivity index (χ0v) is 13.6. The molecule has 2 fully saturated rings. The first-order chi connectivity index (χ1) is 11.0.